The number of benzene rings is 3. The molecule has 1 aliphatic heterocycles. The highest BCUT2D eigenvalue weighted by Gasteiger charge is 2.39. The van der Waals surface area contributed by atoms with E-state index in [2.05, 4.69) is 5.32 Å². The highest BCUT2D eigenvalue weighted by Crippen LogP contribution is 2.29. The zero-order valence-electron chi connectivity index (χ0n) is 16.6. The molecule has 4 rings (SSSR count). The first kappa shape index (κ1) is 20.3. The predicted octanol–water partition coefficient (Wildman–Crippen LogP) is 3.16. The molecule has 3 aromatic carbocycles. The van der Waals surface area contributed by atoms with Gasteiger partial charge in [-0.05, 0) is 41.7 Å². The number of fused-ring (bicyclic) bond motifs is 1. The summed E-state index contributed by atoms with van der Waals surface area (Å²) in [5.41, 5.74) is 3.08. The average Bonchev–Trinajstić information content (AvgIpc) is 2.79. The van der Waals surface area contributed by atoms with Crippen LogP contribution in [0.3, 0.4) is 0 Å². The molecule has 1 amide bonds. The fraction of sp³-hybridized carbons (Fsp3) is 0.208. The van der Waals surface area contributed by atoms with Gasteiger partial charge in [0, 0.05) is 13.1 Å². The number of rotatable bonds is 6. The molecule has 0 unspecified atom stereocenters. The first-order chi connectivity index (χ1) is 14.6. The largest absolute Gasteiger partial charge is 0.354 e. The van der Waals surface area contributed by atoms with Crippen LogP contribution >= 0.6 is 0 Å². The van der Waals surface area contributed by atoms with Crippen molar-refractivity contribution >= 4 is 15.9 Å². The van der Waals surface area contributed by atoms with E-state index in [1.54, 1.807) is 30.3 Å². The van der Waals surface area contributed by atoms with Gasteiger partial charge in [0.15, 0.2) is 0 Å². The lowest BCUT2D eigenvalue weighted by molar-refractivity contribution is -0.125. The summed E-state index contributed by atoms with van der Waals surface area (Å²) in [5, 5.41) is 2.94. The molecule has 6 heteroatoms. The quantitative estimate of drug-likeness (QED) is 0.666. The lowest BCUT2D eigenvalue weighted by atomic mass is 9.95. The zero-order valence-corrected chi connectivity index (χ0v) is 17.4. The molecule has 0 saturated carbocycles. The van der Waals surface area contributed by atoms with Crippen LogP contribution in [0.15, 0.2) is 89.8 Å². The standard InChI is InChI=1S/C24H24N2O3S/c27-24(25-16-15-19-9-3-1-4-10-19)23-17-20-11-7-8-12-21(20)18-26(23)30(28,29)22-13-5-2-6-14-22/h1-14,23H,15-18H2,(H,25,27)/t23-/m1/s1. The molecule has 1 atom stereocenters. The molecule has 0 bridgehead atoms. The fourth-order valence-electron chi connectivity index (χ4n) is 3.80. The third-order valence-electron chi connectivity index (χ3n) is 5.41. The molecular formula is C24H24N2O3S. The van der Waals surface area contributed by atoms with E-state index in [9.17, 15) is 13.2 Å². The maximum atomic E-state index is 13.4. The van der Waals surface area contributed by atoms with Gasteiger partial charge < -0.3 is 5.32 Å². The van der Waals surface area contributed by atoms with Gasteiger partial charge in [-0.15, -0.1) is 0 Å². The molecule has 0 radical (unpaired) electrons. The number of carbonyl (C=O) groups is 1. The molecular weight excluding hydrogens is 396 g/mol. The number of nitrogens with one attached hydrogen (secondary N) is 1. The molecule has 154 valence electrons. The van der Waals surface area contributed by atoms with Crippen molar-refractivity contribution in [1.29, 1.82) is 0 Å². The minimum atomic E-state index is -3.80. The molecule has 0 aliphatic carbocycles. The second-order valence-electron chi connectivity index (χ2n) is 7.38. The Labute approximate surface area is 177 Å². The van der Waals surface area contributed by atoms with E-state index in [0.29, 0.717) is 19.4 Å². The normalized spacial score (nSPS) is 16.6. The van der Waals surface area contributed by atoms with Crippen LogP contribution in [-0.2, 0) is 34.2 Å². The smallest absolute Gasteiger partial charge is 0.244 e. The highest BCUT2D eigenvalue weighted by atomic mass is 32.2. The summed E-state index contributed by atoms with van der Waals surface area (Å²) in [5.74, 6) is -0.264. The molecule has 1 aliphatic rings. The Morgan fingerprint density at radius 3 is 2.17 bits per heavy atom. The Bertz CT molecular complexity index is 1120. The topological polar surface area (TPSA) is 66.5 Å². The molecule has 3 aromatic rings. The van der Waals surface area contributed by atoms with Crippen molar-refractivity contribution in [3.8, 4) is 0 Å². The number of nitrogens with zero attached hydrogens (tertiary/aromatic N) is 1. The first-order valence-electron chi connectivity index (χ1n) is 10.0. The molecule has 1 N–H and O–H groups in total. The van der Waals surface area contributed by atoms with Gasteiger partial charge in [0.25, 0.3) is 0 Å². The summed E-state index contributed by atoms with van der Waals surface area (Å²) in [6, 6.07) is 25.1. The number of amides is 1. The average molecular weight is 421 g/mol. The Hall–Kier alpha value is -2.96. The monoisotopic (exact) mass is 420 g/mol. The van der Waals surface area contributed by atoms with Gasteiger partial charge in [-0.2, -0.15) is 4.31 Å². The first-order valence-corrected chi connectivity index (χ1v) is 11.4. The van der Waals surface area contributed by atoms with Crippen LogP contribution in [0.25, 0.3) is 0 Å². The van der Waals surface area contributed by atoms with E-state index in [1.807, 2.05) is 54.6 Å². The third-order valence-corrected chi connectivity index (χ3v) is 7.28. The van der Waals surface area contributed by atoms with Gasteiger partial charge in [0.05, 0.1) is 4.90 Å². The number of sulfonamides is 1. The third kappa shape index (κ3) is 4.30. The van der Waals surface area contributed by atoms with Gasteiger partial charge in [0.2, 0.25) is 15.9 Å². The summed E-state index contributed by atoms with van der Waals surface area (Å²) in [6.45, 7) is 0.643. The summed E-state index contributed by atoms with van der Waals surface area (Å²) in [6.07, 6.45) is 1.06. The maximum Gasteiger partial charge on any atom is 0.244 e. The SMILES string of the molecule is O=C(NCCc1ccccc1)[C@H]1Cc2ccccc2CN1S(=O)(=O)c1ccccc1. The Morgan fingerprint density at radius 2 is 1.47 bits per heavy atom. The number of carbonyl (C=O) groups excluding carboxylic acids is 1. The molecule has 5 nitrogen and oxygen atoms in total. The summed E-state index contributed by atoms with van der Waals surface area (Å²) in [4.78, 5) is 13.3. The Balaban J connectivity index is 1.57. The molecule has 30 heavy (non-hydrogen) atoms. The maximum absolute atomic E-state index is 13.4. The van der Waals surface area contributed by atoms with Crippen LogP contribution in [-0.4, -0.2) is 31.2 Å². The van der Waals surface area contributed by atoms with Crippen LogP contribution in [0.2, 0.25) is 0 Å². The summed E-state index contributed by atoms with van der Waals surface area (Å²) in [7, 11) is -3.80. The molecule has 1 heterocycles. The lowest BCUT2D eigenvalue weighted by Gasteiger charge is -2.35. The minimum Gasteiger partial charge on any atom is -0.354 e. The van der Waals surface area contributed by atoms with Crippen molar-refractivity contribution < 1.29 is 13.2 Å². The van der Waals surface area contributed by atoms with Gasteiger partial charge in [-0.25, -0.2) is 8.42 Å². The number of hydrogen-bond donors (Lipinski definition) is 1. The Morgan fingerprint density at radius 1 is 0.867 bits per heavy atom. The molecule has 0 saturated heterocycles. The van der Waals surface area contributed by atoms with E-state index >= 15 is 0 Å². The predicted molar refractivity (Wildman–Crippen MR) is 116 cm³/mol. The van der Waals surface area contributed by atoms with Crippen LogP contribution < -0.4 is 5.32 Å². The number of hydrogen-bond acceptors (Lipinski definition) is 3. The van der Waals surface area contributed by atoms with Gasteiger partial charge in [-0.3, -0.25) is 4.79 Å². The van der Waals surface area contributed by atoms with Crippen molar-refractivity contribution in [3.05, 3.63) is 102 Å². The van der Waals surface area contributed by atoms with Gasteiger partial charge >= 0.3 is 0 Å². The fourth-order valence-corrected chi connectivity index (χ4v) is 5.38. The van der Waals surface area contributed by atoms with E-state index in [0.717, 1.165) is 16.7 Å². The van der Waals surface area contributed by atoms with E-state index in [4.69, 9.17) is 0 Å². The minimum absolute atomic E-state index is 0.185. The van der Waals surface area contributed by atoms with Gasteiger partial charge in [0.1, 0.15) is 6.04 Å². The van der Waals surface area contributed by atoms with E-state index in [1.165, 1.54) is 4.31 Å². The van der Waals surface area contributed by atoms with Crippen molar-refractivity contribution in [2.45, 2.75) is 30.3 Å². The Kier molecular flexibility index (Phi) is 5.97. The van der Waals surface area contributed by atoms with Crippen molar-refractivity contribution in [1.82, 2.24) is 9.62 Å². The highest BCUT2D eigenvalue weighted by molar-refractivity contribution is 7.89. The van der Waals surface area contributed by atoms with Crippen LogP contribution in [0.1, 0.15) is 16.7 Å². The second kappa shape index (κ2) is 8.81. The van der Waals surface area contributed by atoms with E-state index < -0.39 is 16.1 Å². The van der Waals surface area contributed by atoms with Crippen molar-refractivity contribution in [3.63, 3.8) is 0 Å². The summed E-state index contributed by atoms with van der Waals surface area (Å²) >= 11 is 0. The van der Waals surface area contributed by atoms with Gasteiger partial charge in [-0.1, -0.05) is 72.8 Å². The summed E-state index contributed by atoms with van der Waals surface area (Å²) < 4.78 is 28.0. The zero-order chi connectivity index (χ0) is 21.0. The van der Waals surface area contributed by atoms with Crippen LogP contribution in [0.5, 0.6) is 0 Å². The molecule has 0 aromatic heterocycles. The van der Waals surface area contributed by atoms with Crippen molar-refractivity contribution in [2.24, 2.45) is 0 Å². The molecule has 0 fully saturated rings. The van der Waals surface area contributed by atoms with Crippen LogP contribution in [0.4, 0.5) is 0 Å². The molecule has 0 spiro atoms. The lowest BCUT2D eigenvalue weighted by Crippen LogP contribution is -2.52. The van der Waals surface area contributed by atoms with Crippen molar-refractivity contribution in [2.75, 3.05) is 6.54 Å². The second-order valence-corrected chi connectivity index (χ2v) is 9.27. The van der Waals surface area contributed by atoms with Crippen LogP contribution in [0, 0.1) is 0 Å². The van der Waals surface area contributed by atoms with E-state index in [-0.39, 0.29) is 17.3 Å².